The van der Waals surface area contributed by atoms with Crippen molar-refractivity contribution in [2.24, 2.45) is 0 Å². The van der Waals surface area contributed by atoms with Crippen LogP contribution in [0.5, 0.6) is 0 Å². The first kappa shape index (κ1) is 14.1. The molecule has 0 saturated carbocycles. The van der Waals surface area contributed by atoms with E-state index in [0.717, 1.165) is 10.4 Å². The largest absolute Gasteiger partial charge is 0.309 e. The number of hydrogen-bond donors (Lipinski definition) is 1. The van der Waals surface area contributed by atoms with Gasteiger partial charge >= 0.3 is 0 Å². The van der Waals surface area contributed by atoms with Gasteiger partial charge < -0.3 is 5.32 Å². The molecule has 0 bridgehead atoms. The van der Waals surface area contributed by atoms with Crippen molar-refractivity contribution in [2.45, 2.75) is 13.0 Å². The monoisotopic (exact) mass is 296 g/mol. The molecule has 0 aliphatic heterocycles. The normalized spacial score (nSPS) is 12.5. The van der Waals surface area contributed by atoms with Gasteiger partial charge in [0.2, 0.25) is 0 Å². The summed E-state index contributed by atoms with van der Waals surface area (Å²) in [5.41, 5.74) is 3.58. The number of aryl methyl sites for hydroxylation is 1. The lowest BCUT2D eigenvalue weighted by Gasteiger charge is -2.21. The number of halogens is 1. The van der Waals surface area contributed by atoms with Crippen LogP contribution in [0.2, 0.25) is 5.02 Å². The lowest BCUT2D eigenvalue weighted by molar-refractivity contribution is 0.690. The van der Waals surface area contributed by atoms with Gasteiger partial charge in [0.1, 0.15) is 0 Å². The van der Waals surface area contributed by atoms with Gasteiger partial charge in [-0.2, -0.15) is 0 Å². The number of pyridine rings is 1. The summed E-state index contributed by atoms with van der Waals surface area (Å²) in [6.45, 7) is 2.09. The van der Waals surface area contributed by atoms with Crippen molar-refractivity contribution in [1.82, 2.24) is 10.3 Å². The van der Waals surface area contributed by atoms with Gasteiger partial charge in [0, 0.05) is 22.8 Å². The predicted octanol–water partition coefficient (Wildman–Crippen LogP) is 4.51. The fourth-order valence-electron chi connectivity index (χ4n) is 2.81. The number of fused-ring (bicyclic) bond motifs is 1. The molecule has 1 aromatic heterocycles. The Morgan fingerprint density at radius 3 is 2.62 bits per heavy atom. The molecule has 1 unspecified atom stereocenters. The highest BCUT2D eigenvalue weighted by molar-refractivity contribution is 6.30. The average Bonchev–Trinajstić information content (AvgIpc) is 2.50. The number of benzene rings is 2. The van der Waals surface area contributed by atoms with Gasteiger partial charge in [-0.3, -0.25) is 4.98 Å². The molecule has 0 saturated heterocycles. The van der Waals surface area contributed by atoms with Crippen molar-refractivity contribution in [1.29, 1.82) is 0 Å². The van der Waals surface area contributed by atoms with Crippen molar-refractivity contribution in [3.05, 3.63) is 76.6 Å². The van der Waals surface area contributed by atoms with Gasteiger partial charge in [-0.15, -0.1) is 0 Å². The molecule has 1 heterocycles. The van der Waals surface area contributed by atoms with E-state index in [1.54, 1.807) is 0 Å². The fraction of sp³-hybridized carbons (Fsp3) is 0.167. The Kier molecular flexibility index (Phi) is 3.91. The third kappa shape index (κ3) is 2.65. The van der Waals surface area contributed by atoms with Gasteiger partial charge in [0.25, 0.3) is 0 Å². The average molecular weight is 297 g/mol. The molecule has 3 aromatic rings. The van der Waals surface area contributed by atoms with E-state index in [4.69, 9.17) is 11.6 Å². The zero-order chi connectivity index (χ0) is 14.8. The molecule has 2 nitrogen and oxygen atoms in total. The van der Waals surface area contributed by atoms with Crippen LogP contribution in [-0.4, -0.2) is 12.0 Å². The second kappa shape index (κ2) is 5.84. The Hall–Kier alpha value is -1.90. The van der Waals surface area contributed by atoms with E-state index in [1.807, 2.05) is 37.6 Å². The second-order valence-electron chi connectivity index (χ2n) is 5.17. The fourth-order valence-corrected chi connectivity index (χ4v) is 3.04. The highest BCUT2D eigenvalue weighted by Crippen LogP contribution is 2.30. The molecule has 0 aliphatic rings. The number of rotatable bonds is 3. The highest BCUT2D eigenvalue weighted by Gasteiger charge is 2.17. The quantitative estimate of drug-likeness (QED) is 0.769. The summed E-state index contributed by atoms with van der Waals surface area (Å²) in [6, 6.07) is 14.5. The Labute approximate surface area is 129 Å². The van der Waals surface area contributed by atoms with Crippen LogP contribution in [0.1, 0.15) is 22.7 Å². The number of aromatic nitrogens is 1. The SMILES string of the molecule is CNC(c1ccc(Cl)cc1C)c1cncc2ccccc12. The first-order chi connectivity index (χ1) is 10.2. The van der Waals surface area contributed by atoms with Gasteiger partial charge in [-0.05, 0) is 48.2 Å². The molecule has 2 aromatic carbocycles. The Balaban J connectivity index is 2.18. The van der Waals surface area contributed by atoms with E-state index >= 15 is 0 Å². The number of hydrogen-bond acceptors (Lipinski definition) is 2. The van der Waals surface area contributed by atoms with E-state index in [1.165, 1.54) is 22.1 Å². The summed E-state index contributed by atoms with van der Waals surface area (Å²) in [6.07, 6.45) is 3.85. The molecule has 21 heavy (non-hydrogen) atoms. The maximum Gasteiger partial charge on any atom is 0.0598 e. The minimum absolute atomic E-state index is 0.0980. The smallest absolute Gasteiger partial charge is 0.0598 e. The zero-order valence-electron chi connectivity index (χ0n) is 12.1. The summed E-state index contributed by atoms with van der Waals surface area (Å²) in [7, 11) is 1.97. The maximum atomic E-state index is 6.07. The van der Waals surface area contributed by atoms with Crippen LogP contribution in [0.15, 0.2) is 54.9 Å². The van der Waals surface area contributed by atoms with Gasteiger partial charge in [-0.1, -0.05) is 41.9 Å². The summed E-state index contributed by atoms with van der Waals surface area (Å²) in [5, 5.41) is 6.55. The first-order valence-corrected chi connectivity index (χ1v) is 7.34. The summed E-state index contributed by atoms with van der Waals surface area (Å²) in [4.78, 5) is 4.39. The molecule has 0 spiro atoms. The number of nitrogens with zero attached hydrogens (tertiary/aromatic N) is 1. The molecule has 1 atom stereocenters. The molecule has 3 rings (SSSR count). The van der Waals surface area contributed by atoms with Gasteiger partial charge in [0.15, 0.2) is 0 Å². The third-order valence-electron chi connectivity index (χ3n) is 3.84. The Morgan fingerprint density at radius 1 is 1.05 bits per heavy atom. The molecule has 1 N–H and O–H groups in total. The van der Waals surface area contributed by atoms with Gasteiger partial charge in [0.05, 0.1) is 6.04 Å². The van der Waals surface area contributed by atoms with E-state index in [0.29, 0.717) is 0 Å². The van der Waals surface area contributed by atoms with Gasteiger partial charge in [-0.25, -0.2) is 0 Å². The maximum absolute atomic E-state index is 6.07. The first-order valence-electron chi connectivity index (χ1n) is 6.96. The molecule has 106 valence electrons. The van der Waals surface area contributed by atoms with Crippen LogP contribution in [-0.2, 0) is 0 Å². The topological polar surface area (TPSA) is 24.9 Å². The van der Waals surface area contributed by atoms with E-state index in [2.05, 4.69) is 41.5 Å². The zero-order valence-corrected chi connectivity index (χ0v) is 12.9. The second-order valence-corrected chi connectivity index (χ2v) is 5.61. The van der Waals surface area contributed by atoms with Crippen molar-refractivity contribution < 1.29 is 0 Å². The molecule has 0 radical (unpaired) electrons. The van der Waals surface area contributed by atoms with E-state index in [9.17, 15) is 0 Å². The Bertz CT molecular complexity index is 778. The molecule has 0 fully saturated rings. The lowest BCUT2D eigenvalue weighted by Crippen LogP contribution is -2.19. The summed E-state index contributed by atoms with van der Waals surface area (Å²) < 4.78 is 0. The summed E-state index contributed by atoms with van der Waals surface area (Å²) in [5.74, 6) is 0. The van der Waals surface area contributed by atoms with Crippen molar-refractivity contribution in [3.8, 4) is 0 Å². The van der Waals surface area contributed by atoms with Crippen LogP contribution in [0.3, 0.4) is 0 Å². The molecular weight excluding hydrogens is 280 g/mol. The third-order valence-corrected chi connectivity index (χ3v) is 4.08. The van der Waals surface area contributed by atoms with Crippen molar-refractivity contribution in [3.63, 3.8) is 0 Å². The van der Waals surface area contributed by atoms with Crippen molar-refractivity contribution >= 4 is 22.4 Å². The number of nitrogens with one attached hydrogen (secondary N) is 1. The lowest BCUT2D eigenvalue weighted by atomic mass is 9.93. The van der Waals surface area contributed by atoms with Crippen LogP contribution in [0.4, 0.5) is 0 Å². The summed E-state index contributed by atoms with van der Waals surface area (Å²) >= 11 is 6.07. The minimum atomic E-state index is 0.0980. The molecule has 3 heteroatoms. The standard InChI is InChI=1S/C18H17ClN2/c1-12-9-14(19)7-8-15(12)18(20-2)17-11-21-10-13-5-3-4-6-16(13)17/h3-11,18,20H,1-2H3. The molecular formula is C18H17ClN2. The van der Waals surface area contributed by atoms with E-state index in [-0.39, 0.29) is 6.04 Å². The molecule has 0 amide bonds. The van der Waals surface area contributed by atoms with Crippen LogP contribution < -0.4 is 5.32 Å². The van der Waals surface area contributed by atoms with Crippen LogP contribution in [0, 0.1) is 6.92 Å². The Morgan fingerprint density at radius 2 is 1.86 bits per heavy atom. The minimum Gasteiger partial charge on any atom is -0.309 e. The van der Waals surface area contributed by atoms with E-state index < -0.39 is 0 Å². The highest BCUT2D eigenvalue weighted by atomic mass is 35.5. The van der Waals surface area contributed by atoms with Crippen LogP contribution in [0.25, 0.3) is 10.8 Å². The van der Waals surface area contributed by atoms with Crippen molar-refractivity contribution in [2.75, 3.05) is 7.05 Å². The predicted molar refractivity (Wildman–Crippen MR) is 88.8 cm³/mol. The van der Waals surface area contributed by atoms with Crippen LogP contribution >= 0.6 is 11.6 Å². The molecule has 0 aliphatic carbocycles.